The fraction of sp³-hybridized carbons (Fsp3) is 0.462. The zero-order valence-corrected chi connectivity index (χ0v) is 11.7. The molecule has 0 unspecified atom stereocenters. The number of benzene rings is 1. The van der Waals surface area contributed by atoms with E-state index in [4.69, 9.17) is 4.74 Å². The molecule has 1 amide bonds. The van der Waals surface area contributed by atoms with Crippen molar-refractivity contribution in [2.45, 2.75) is 6.42 Å². The summed E-state index contributed by atoms with van der Waals surface area (Å²) in [6, 6.07) is 7.69. The average Bonchev–Trinajstić information content (AvgIpc) is 2.35. The molecule has 0 saturated heterocycles. The van der Waals surface area contributed by atoms with Crippen molar-refractivity contribution in [2.75, 3.05) is 42.9 Å². The van der Waals surface area contributed by atoms with Crippen molar-refractivity contribution in [3.63, 3.8) is 0 Å². The number of anilines is 2. The van der Waals surface area contributed by atoms with Crippen LogP contribution in [0.3, 0.4) is 0 Å². The monoisotopic (exact) mass is 268 g/mol. The van der Waals surface area contributed by atoms with Gasteiger partial charge < -0.3 is 15.4 Å². The van der Waals surface area contributed by atoms with Crippen molar-refractivity contribution in [1.29, 1.82) is 0 Å². The molecule has 0 spiro atoms. The van der Waals surface area contributed by atoms with Gasteiger partial charge in [0.05, 0.1) is 0 Å². The molecule has 0 fully saturated rings. The van der Waals surface area contributed by atoms with E-state index in [1.165, 1.54) is 7.11 Å². The minimum absolute atomic E-state index is 0.0748. The fourth-order valence-corrected chi connectivity index (χ4v) is 1.92. The Morgan fingerprint density at radius 2 is 2.17 bits per heavy atom. The average molecular weight is 268 g/mol. The molecule has 0 aliphatic carbocycles. The minimum Gasteiger partial charge on any atom is -0.385 e. The van der Waals surface area contributed by atoms with Crippen LogP contribution in [0.5, 0.6) is 0 Å². The van der Waals surface area contributed by atoms with Crippen molar-refractivity contribution in [2.24, 2.45) is 0 Å². The highest BCUT2D eigenvalue weighted by Gasteiger charge is 2.01. The highest BCUT2D eigenvalue weighted by molar-refractivity contribution is 7.98. The third-order valence-corrected chi connectivity index (χ3v) is 2.97. The van der Waals surface area contributed by atoms with E-state index in [0.29, 0.717) is 0 Å². The van der Waals surface area contributed by atoms with Gasteiger partial charge in [-0.05, 0) is 36.6 Å². The lowest BCUT2D eigenvalue weighted by molar-refractivity contribution is -0.119. The third kappa shape index (κ3) is 5.93. The number of hydrogen-bond acceptors (Lipinski definition) is 4. The summed E-state index contributed by atoms with van der Waals surface area (Å²) in [6.07, 6.45) is 3.23. The van der Waals surface area contributed by atoms with Crippen molar-refractivity contribution in [3.8, 4) is 0 Å². The van der Waals surface area contributed by atoms with Crippen LogP contribution in [0.4, 0.5) is 11.4 Å². The summed E-state index contributed by atoms with van der Waals surface area (Å²) >= 11 is 1.84. The number of amides is 1. The normalized spacial score (nSPS) is 10.1. The van der Waals surface area contributed by atoms with Gasteiger partial charge in [-0.1, -0.05) is 6.07 Å². The van der Waals surface area contributed by atoms with Gasteiger partial charge >= 0.3 is 0 Å². The Bertz CT molecular complexity index is 372. The molecule has 0 heterocycles. The predicted octanol–water partition coefficient (Wildman–Crippen LogP) is 2.44. The standard InChI is InChI=1S/C13H20N2O2S/c1-17-10-13(16)15-12-6-3-5-11(9-12)14-7-4-8-18-2/h3,5-6,9,14H,4,7-8,10H2,1-2H3,(H,15,16). The van der Waals surface area contributed by atoms with Crippen LogP contribution in [0.15, 0.2) is 24.3 Å². The van der Waals surface area contributed by atoms with Crippen molar-refractivity contribution in [1.82, 2.24) is 0 Å². The predicted molar refractivity (Wildman–Crippen MR) is 78.4 cm³/mol. The number of hydrogen-bond donors (Lipinski definition) is 2. The zero-order chi connectivity index (χ0) is 13.2. The molecule has 1 rings (SSSR count). The van der Waals surface area contributed by atoms with Gasteiger partial charge in [-0.15, -0.1) is 0 Å². The molecule has 0 atom stereocenters. The van der Waals surface area contributed by atoms with Gasteiger partial charge in [0, 0.05) is 25.0 Å². The zero-order valence-electron chi connectivity index (χ0n) is 10.9. The lowest BCUT2D eigenvalue weighted by Gasteiger charge is -2.09. The van der Waals surface area contributed by atoms with Gasteiger partial charge in [-0.25, -0.2) is 0 Å². The molecule has 100 valence electrons. The second-order valence-corrected chi connectivity index (χ2v) is 4.82. The molecule has 0 bridgehead atoms. The molecule has 0 aliphatic rings. The van der Waals surface area contributed by atoms with Crippen molar-refractivity contribution in [3.05, 3.63) is 24.3 Å². The molecule has 4 nitrogen and oxygen atoms in total. The number of thioether (sulfide) groups is 1. The van der Waals surface area contributed by atoms with Crippen LogP contribution < -0.4 is 10.6 Å². The smallest absolute Gasteiger partial charge is 0.250 e. The van der Waals surface area contributed by atoms with E-state index in [0.717, 1.165) is 30.1 Å². The van der Waals surface area contributed by atoms with Gasteiger partial charge in [0.2, 0.25) is 5.91 Å². The largest absolute Gasteiger partial charge is 0.385 e. The van der Waals surface area contributed by atoms with Crippen LogP contribution in [0.1, 0.15) is 6.42 Å². The highest BCUT2D eigenvalue weighted by Crippen LogP contribution is 2.15. The minimum atomic E-state index is -0.142. The van der Waals surface area contributed by atoms with E-state index in [9.17, 15) is 4.79 Å². The molecule has 1 aromatic rings. The summed E-state index contributed by atoms with van der Waals surface area (Å²) in [5.41, 5.74) is 1.80. The van der Waals surface area contributed by atoms with E-state index in [1.54, 1.807) is 0 Å². The number of carbonyl (C=O) groups excluding carboxylic acids is 1. The fourth-order valence-electron chi connectivity index (χ4n) is 1.48. The first-order chi connectivity index (χ1) is 8.76. The molecule has 0 radical (unpaired) electrons. The lowest BCUT2D eigenvalue weighted by atomic mass is 10.2. The maximum atomic E-state index is 11.4. The number of methoxy groups -OCH3 is 1. The van der Waals surface area contributed by atoms with E-state index >= 15 is 0 Å². The number of ether oxygens (including phenoxy) is 1. The topological polar surface area (TPSA) is 50.4 Å². The van der Waals surface area contributed by atoms with Gasteiger partial charge in [0.25, 0.3) is 0 Å². The van der Waals surface area contributed by atoms with Crippen LogP contribution in [0.25, 0.3) is 0 Å². The van der Waals surface area contributed by atoms with Crippen molar-refractivity contribution >= 4 is 29.0 Å². The number of carbonyl (C=O) groups is 1. The SMILES string of the molecule is COCC(=O)Nc1cccc(NCCCSC)c1. The summed E-state index contributed by atoms with van der Waals surface area (Å²) < 4.78 is 4.77. The first kappa shape index (κ1) is 14.9. The first-order valence-electron chi connectivity index (χ1n) is 5.88. The van der Waals surface area contributed by atoms with Gasteiger partial charge in [-0.3, -0.25) is 4.79 Å². The second kappa shape index (κ2) is 8.83. The molecule has 1 aromatic carbocycles. The van der Waals surface area contributed by atoms with Gasteiger partial charge in [0.15, 0.2) is 0 Å². The Labute approximate surface area is 112 Å². The number of nitrogens with one attached hydrogen (secondary N) is 2. The van der Waals surface area contributed by atoms with Crippen LogP contribution in [-0.4, -0.2) is 38.2 Å². The summed E-state index contributed by atoms with van der Waals surface area (Å²) in [5, 5.41) is 6.11. The van der Waals surface area contributed by atoms with Crippen molar-refractivity contribution < 1.29 is 9.53 Å². The van der Waals surface area contributed by atoms with Gasteiger partial charge in [-0.2, -0.15) is 11.8 Å². The van der Waals surface area contributed by atoms with Gasteiger partial charge in [0.1, 0.15) is 6.61 Å². The molecule has 2 N–H and O–H groups in total. The Morgan fingerprint density at radius 3 is 2.89 bits per heavy atom. The molecule has 18 heavy (non-hydrogen) atoms. The maximum Gasteiger partial charge on any atom is 0.250 e. The molecule has 0 saturated carbocycles. The molecular formula is C13H20N2O2S. The Kier molecular flexibility index (Phi) is 7.29. The van der Waals surface area contributed by atoms with E-state index in [-0.39, 0.29) is 12.5 Å². The molecule has 0 aliphatic heterocycles. The van der Waals surface area contributed by atoms with Crippen LogP contribution in [-0.2, 0) is 9.53 Å². The van der Waals surface area contributed by atoms with E-state index < -0.39 is 0 Å². The molecule has 0 aromatic heterocycles. The summed E-state index contributed by atoms with van der Waals surface area (Å²) in [7, 11) is 1.50. The maximum absolute atomic E-state index is 11.4. The third-order valence-electron chi connectivity index (χ3n) is 2.28. The van der Waals surface area contributed by atoms with Crippen LogP contribution in [0.2, 0.25) is 0 Å². The first-order valence-corrected chi connectivity index (χ1v) is 7.27. The summed E-state index contributed by atoms with van der Waals surface area (Å²) in [4.78, 5) is 11.4. The second-order valence-electron chi connectivity index (χ2n) is 3.84. The lowest BCUT2D eigenvalue weighted by Crippen LogP contribution is -2.17. The Hall–Kier alpha value is -1.20. The molecular weight excluding hydrogens is 248 g/mol. The summed E-state index contributed by atoms with van der Waals surface area (Å²) in [5.74, 6) is 1.01. The Balaban J connectivity index is 2.43. The van der Waals surface area contributed by atoms with E-state index in [1.807, 2.05) is 36.0 Å². The quantitative estimate of drug-likeness (QED) is 0.711. The number of rotatable bonds is 8. The van der Waals surface area contributed by atoms with E-state index in [2.05, 4.69) is 16.9 Å². The highest BCUT2D eigenvalue weighted by atomic mass is 32.2. The summed E-state index contributed by atoms with van der Waals surface area (Å²) in [6.45, 7) is 1.02. The van der Waals surface area contributed by atoms with Crippen LogP contribution >= 0.6 is 11.8 Å². The van der Waals surface area contributed by atoms with Crippen LogP contribution in [0, 0.1) is 0 Å². The molecule has 5 heteroatoms. The Morgan fingerprint density at radius 1 is 1.39 bits per heavy atom.